The summed E-state index contributed by atoms with van der Waals surface area (Å²) in [6.45, 7) is 0. The number of hydrogen-bond donors (Lipinski definition) is 0. The Labute approximate surface area is 294 Å². The van der Waals surface area contributed by atoms with E-state index >= 15 is 0 Å². The molecule has 0 atom stereocenters. The van der Waals surface area contributed by atoms with Gasteiger partial charge in [-0.2, -0.15) is 0 Å². The predicted molar refractivity (Wildman–Crippen MR) is 209 cm³/mol. The Bertz CT molecular complexity index is 2900. The molecule has 0 aliphatic rings. The van der Waals surface area contributed by atoms with Gasteiger partial charge >= 0.3 is 0 Å². The number of fused-ring (bicyclic) bond motifs is 6. The van der Waals surface area contributed by atoms with Crippen LogP contribution < -0.4 is 0 Å². The van der Waals surface area contributed by atoms with E-state index in [1.807, 2.05) is 42.5 Å². The van der Waals surface area contributed by atoms with Crippen LogP contribution in [0.25, 0.3) is 99.9 Å². The van der Waals surface area contributed by atoms with Gasteiger partial charge in [-0.15, -0.1) is 0 Å². The number of aromatic nitrogens is 3. The van der Waals surface area contributed by atoms with Crippen LogP contribution in [0.1, 0.15) is 0 Å². The van der Waals surface area contributed by atoms with E-state index in [2.05, 4.69) is 133 Å². The Morgan fingerprint density at radius 3 is 1.53 bits per heavy atom. The number of benzene rings is 8. The van der Waals surface area contributed by atoms with Crippen molar-refractivity contribution in [1.82, 2.24) is 15.0 Å². The first kappa shape index (κ1) is 29.0. The van der Waals surface area contributed by atoms with E-state index in [-0.39, 0.29) is 0 Å². The van der Waals surface area contributed by atoms with E-state index in [1.165, 1.54) is 11.1 Å². The van der Waals surface area contributed by atoms with Crippen molar-refractivity contribution in [3.05, 3.63) is 176 Å². The Hall–Kier alpha value is -6.91. The third-order valence-corrected chi connectivity index (χ3v) is 9.75. The van der Waals surface area contributed by atoms with E-state index < -0.39 is 0 Å². The highest BCUT2D eigenvalue weighted by Crippen LogP contribution is 2.44. The normalized spacial score (nSPS) is 11.5. The van der Waals surface area contributed by atoms with Crippen molar-refractivity contribution in [1.29, 1.82) is 0 Å². The van der Waals surface area contributed by atoms with E-state index in [0.29, 0.717) is 17.5 Å². The monoisotopic (exact) mass is 651 g/mol. The van der Waals surface area contributed by atoms with Crippen LogP contribution in [0.15, 0.2) is 180 Å². The summed E-state index contributed by atoms with van der Waals surface area (Å²) in [5, 5.41) is 6.36. The summed E-state index contributed by atoms with van der Waals surface area (Å²) in [4.78, 5) is 15.7. The molecule has 0 bridgehead atoms. The molecule has 51 heavy (non-hydrogen) atoms. The number of rotatable bonds is 5. The van der Waals surface area contributed by atoms with Crippen LogP contribution in [0.5, 0.6) is 0 Å². The van der Waals surface area contributed by atoms with Crippen LogP contribution in [-0.4, -0.2) is 15.0 Å². The molecule has 0 saturated carbocycles. The molecule has 0 fully saturated rings. The van der Waals surface area contributed by atoms with Gasteiger partial charge in [0.25, 0.3) is 0 Å². The number of furan rings is 1. The van der Waals surface area contributed by atoms with E-state index in [1.54, 1.807) is 0 Å². The first-order valence-corrected chi connectivity index (χ1v) is 17.1. The van der Waals surface area contributed by atoms with Gasteiger partial charge in [0, 0.05) is 32.8 Å². The predicted octanol–water partition coefficient (Wildman–Crippen LogP) is 12.4. The molecular formula is C47H29N3O. The lowest BCUT2D eigenvalue weighted by molar-refractivity contribution is 0.673. The second kappa shape index (κ2) is 11.9. The molecule has 0 unspecified atom stereocenters. The van der Waals surface area contributed by atoms with Crippen LogP contribution in [0.2, 0.25) is 0 Å². The van der Waals surface area contributed by atoms with Crippen molar-refractivity contribution in [3.8, 4) is 56.4 Å². The topological polar surface area (TPSA) is 51.8 Å². The van der Waals surface area contributed by atoms with Crippen molar-refractivity contribution >= 4 is 43.5 Å². The summed E-state index contributed by atoms with van der Waals surface area (Å²) in [5.74, 6) is 1.85. The van der Waals surface area contributed by atoms with Crippen molar-refractivity contribution in [2.24, 2.45) is 0 Å². The average molecular weight is 652 g/mol. The molecule has 4 nitrogen and oxygen atoms in total. The van der Waals surface area contributed by atoms with Crippen molar-refractivity contribution in [2.75, 3.05) is 0 Å². The molecule has 0 aliphatic carbocycles. The highest BCUT2D eigenvalue weighted by molar-refractivity contribution is 6.22. The molecular weight excluding hydrogens is 623 g/mol. The maximum atomic E-state index is 6.65. The minimum Gasteiger partial charge on any atom is -0.455 e. The van der Waals surface area contributed by atoms with Crippen molar-refractivity contribution < 1.29 is 4.42 Å². The summed E-state index contributed by atoms with van der Waals surface area (Å²) >= 11 is 0. The van der Waals surface area contributed by atoms with Crippen LogP contribution in [0.4, 0.5) is 0 Å². The summed E-state index contributed by atoms with van der Waals surface area (Å²) in [7, 11) is 0. The first-order valence-electron chi connectivity index (χ1n) is 17.1. The Kier molecular flexibility index (Phi) is 6.78. The fourth-order valence-electron chi connectivity index (χ4n) is 7.38. The quantitative estimate of drug-likeness (QED) is 0.186. The smallest absolute Gasteiger partial charge is 0.164 e. The first-order chi connectivity index (χ1) is 25.3. The molecule has 0 spiro atoms. The molecule has 10 rings (SSSR count). The number of nitrogens with zero attached hydrogens (tertiary/aromatic N) is 3. The molecule has 2 aromatic heterocycles. The van der Waals surface area contributed by atoms with Gasteiger partial charge in [-0.3, -0.25) is 0 Å². The van der Waals surface area contributed by atoms with Crippen molar-refractivity contribution in [2.45, 2.75) is 0 Å². The molecule has 4 heteroatoms. The van der Waals surface area contributed by atoms with Crippen molar-refractivity contribution in [3.63, 3.8) is 0 Å². The van der Waals surface area contributed by atoms with Crippen LogP contribution in [-0.2, 0) is 0 Å². The van der Waals surface area contributed by atoms with E-state index in [9.17, 15) is 0 Å². The van der Waals surface area contributed by atoms with Gasteiger partial charge in [-0.05, 0) is 56.6 Å². The molecule has 0 radical (unpaired) electrons. The molecule has 8 aromatic carbocycles. The lowest BCUT2D eigenvalue weighted by atomic mass is 9.93. The zero-order chi connectivity index (χ0) is 33.7. The number of hydrogen-bond acceptors (Lipinski definition) is 4. The lowest BCUT2D eigenvalue weighted by Crippen LogP contribution is -2.01. The summed E-state index contributed by atoms with van der Waals surface area (Å²) in [6, 6.07) is 60.9. The maximum absolute atomic E-state index is 6.65. The van der Waals surface area contributed by atoms with Gasteiger partial charge in [0.1, 0.15) is 11.2 Å². The minimum atomic E-state index is 0.609. The Morgan fingerprint density at radius 2 is 0.824 bits per heavy atom. The highest BCUT2D eigenvalue weighted by Gasteiger charge is 2.22. The number of para-hydroxylation sites is 1. The lowest BCUT2D eigenvalue weighted by Gasteiger charge is -2.15. The van der Waals surface area contributed by atoms with Gasteiger partial charge in [-0.25, -0.2) is 15.0 Å². The zero-order valence-corrected chi connectivity index (χ0v) is 27.5. The molecule has 0 amide bonds. The van der Waals surface area contributed by atoms with Gasteiger partial charge < -0.3 is 4.42 Å². The SMILES string of the molecule is c1ccc(-c2nc(-c3ccc(-c4ccccc4)c4ccccc34)nc(-c3cc4c5ccccc5oc4c4c(-c5ccccc5)cccc34)n2)cc1. The van der Waals surface area contributed by atoms with Gasteiger partial charge in [0.2, 0.25) is 0 Å². The average Bonchev–Trinajstić information content (AvgIpc) is 3.59. The second-order valence-electron chi connectivity index (χ2n) is 12.7. The third-order valence-electron chi connectivity index (χ3n) is 9.75. The van der Waals surface area contributed by atoms with Gasteiger partial charge in [-0.1, -0.05) is 158 Å². The maximum Gasteiger partial charge on any atom is 0.164 e. The molecule has 0 saturated heterocycles. The largest absolute Gasteiger partial charge is 0.455 e. The summed E-state index contributed by atoms with van der Waals surface area (Å²) in [5.41, 5.74) is 9.06. The van der Waals surface area contributed by atoms with Crippen LogP contribution in [0.3, 0.4) is 0 Å². The highest BCUT2D eigenvalue weighted by atomic mass is 16.3. The minimum absolute atomic E-state index is 0.609. The molecule has 238 valence electrons. The third kappa shape index (κ3) is 4.88. The van der Waals surface area contributed by atoms with E-state index in [0.717, 1.165) is 71.3 Å². The molecule has 10 aromatic rings. The fraction of sp³-hybridized carbons (Fsp3) is 0. The second-order valence-corrected chi connectivity index (χ2v) is 12.7. The summed E-state index contributed by atoms with van der Waals surface area (Å²) in [6.07, 6.45) is 0. The molecule has 0 aliphatic heterocycles. The van der Waals surface area contributed by atoms with Gasteiger partial charge in [0.05, 0.1) is 0 Å². The summed E-state index contributed by atoms with van der Waals surface area (Å²) < 4.78 is 6.65. The van der Waals surface area contributed by atoms with Crippen LogP contribution in [0, 0.1) is 0 Å². The standard InChI is InChI=1S/C47H29N3O/c1-4-15-30(16-5-1)33-27-28-39(36-22-11-10-21-35(33)36)46-48-45(32-19-8-3-9-20-32)49-47(50-46)41-29-40-37-23-12-13-26-42(37)51-44(40)43-34(24-14-25-38(41)43)31-17-6-2-7-18-31/h1-29H. The van der Waals surface area contributed by atoms with Crippen LogP contribution >= 0.6 is 0 Å². The Balaban J connectivity index is 1.29. The zero-order valence-electron chi connectivity index (χ0n) is 27.5. The van der Waals surface area contributed by atoms with E-state index in [4.69, 9.17) is 19.4 Å². The van der Waals surface area contributed by atoms with Gasteiger partial charge in [0.15, 0.2) is 17.5 Å². The Morgan fingerprint density at radius 1 is 0.314 bits per heavy atom. The molecule has 2 heterocycles. The molecule has 0 N–H and O–H groups in total. The fourth-order valence-corrected chi connectivity index (χ4v) is 7.38.